The number of rotatable bonds is 8. The summed E-state index contributed by atoms with van der Waals surface area (Å²) in [6.07, 6.45) is 7.23. The second-order valence-electron chi connectivity index (χ2n) is 11.5. The third-order valence-corrected chi connectivity index (χ3v) is 9.08. The molecule has 3 aromatic heterocycles. The lowest BCUT2D eigenvalue weighted by atomic mass is 9.91. The molecular weight excluding hydrogens is 518 g/mol. The highest BCUT2D eigenvalue weighted by Crippen LogP contribution is 2.30. The van der Waals surface area contributed by atoms with Crippen LogP contribution in [0.2, 0.25) is 30.7 Å². The van der Waals surface area contributed by atoms with Crippen LogP contribution < -0.4 is 11.1 Å². The summed E-state index contributed by atoms with van der Waals surface area (Å²) in [4.78, 5) is 23.2. The monoisotopic (exact) mass is 553 g/mol. The van der Waals surface area contributed by atoms with Crippen molar-refractivity contribution in [2.75, 3.05) is 6.61 Å². The molecule has 2 atom stereocenters. The number of hydrogen-bond acceptors (Lipinski definition) is 6. The highest BCUT2D eigenvalue weighted by molar-refractivity contribution is 6.76. The number of hydrogen-bond donors (Lipinski definition) is 2. The van der Waals surface area contributed by atoms with Gasteiger partial charge < -0.3 is 20.4 Å². The van der Waals surface area contributed by atoms with Crippen LogP contribution in [0.25, 0.3) is 33.5 Å². The van der Waals surface area contributed by atoms with E-state index in [0.717, 1.165) is 42.6 Å². The van der Waals surface area contributed by atoms with Crippen LogP contribution in [0.4, 0.5) is 0 Å². The Balaban J connectivity index is 1.51. The van der Waals surface area contributed by atoms with Gasteiger partial charge in [0.05, 0.1) is 17.3 Å². The van der Waals surface area contributed by atoms with Gasteiger partial charge in [-0.3, -0.25) is 9.48 Å². The summed E-state index contributed by atoms with van der Waals surface area (Å²) in [5.41, 5.74) is 9.96. The second-order valence-corrected chi connectivity index (χ2v) is 17.6. The van der Waals surface area contributed by atoms with Gasteiger partial charge in [-0.25, -0.2) is 9.97 Å². The van der Waals surface area contributed by atoms with Crippen LogP contribution in [0.1, 0.15) is 36.0 Å². The number of aryl methyl sites for hydroxylation is 1. The average molecular weight is 554 g/mol. The van der Waals surface area contributed by atoms with Crippen LogP contribution in [-0.4, -0.2) is 57.0 Å². The molecule has 0 radical (unpaired) electrons. The Morgan fingerprint density at radius 3 is 2.87 bits per heavy atom. The number of fused-ring (bicyclic) bond motifs is 2. The van der Waals surface area contributed by atoms with Gasteiger partial charge in [0.1, 0.15) is 23.6 Å². The molecule has 1 saturated carbocycles. The molecule has 1 aliphatic rings. The van der Waals surface area contributed by atoms with E-state index < -0.39 is 8.07 Å². The van der Waals surface area contributed by atoms with E-state index in [4.69, 9.17) is 32.0 Å². The minimum atomic E-state index is -1.22. The number of amides is 1. The van der Waals surface area contributed by atoms with Gasteiger partial charge in [-0.1, -0.05) is 31.2 Å². The first-order valence-electron chi connectivity index (χ1n) is 13.2. The zero-order chi connectivity index (χ0) is 27.0. The number of ether oxygens (including phenoxy) is 1. The predicted octanol–water partition coefficient (Wildman–Crippen LogP) is 4.95. The first-order chi connectivity index (χ1) is 18.1. The quantitative estimate of drug-likeness (QED) is 0.236. The van der Waals surface area contributed by atoms with Gasteiger partial charge >= 0.3 is 0 Å². The minimum Gasteiger partial charge on any atom is -0.361 e. The first kappa shape index (κ1) is 26.8. The van der Waals surface area contributed by atoms with Crippen LogP contribution in [0, 0.1) is 0 Å². The Labute approximate surface area is 228 Å². The van der Waals surface area contributed by atoms with Crippen LogP contribution in [0.5, 0.6) is 0 Å². The van der Waals surface area contributed by atoms with E-state index in [-0.39, 0.29) is 18.0 Å². The smallest absolute Gasteiger partial charge is 0.255 e. The zero-order valence-electron chi connectivity index (χ0n) is 22.5. The molecule has 11 heteroatoms. The largest absolute Gasteiger partial charge is 0.361 e. The van der Waals surface area contributed by atoms with Crippen molar-refractivity contribution < 1.29 is 9.53 Å². The molecule has 0 spiro atoms. The molecule has 1 aromatic carbocycles. The number of carbonyl (C=O) groups excluding carboxylic acids is 1. The van der Waals surface area contributed by atoms with Gasteiger partial charge in [-0.05, 0) is 49.9 Å². The molecule has 3 heterocycles. The Morgan fingerprint density at radius 2 is 2.11 bits per heavy atom. The van der Waals surface area contributed by atoms with Gasteiger partial charge in [0.2, 0.25) is 0 Å². The lowest BCUT2D eigenvalue weighted by Crippen LogP contribution is -2.42. The van der Waals surface area contributed by atoms with Crippen LogP contribution in [0.3, 0.4) is 0 Å². The van der Waals surface area contributed by atoms with Crippen molar-refractivity contribution in [2.24, 2.45) is 12.8 Å². The normalized spacial score (nSPS) is 18.4. The molecule has 1 fully saturated rings. The Morgan fingerprint density at radius 1 is 1.29 bits per heavy atom. The first-order valence-corrected chi connectivity index (χ1v) is 17.3. The topological polar surface area (TPSA) is 113 Å². The molecule has 38 heavy (non-hydrogen) atoms. The summed E-state index contributed by atoms with van der Waals surface area (Å²) in [5.74, 6) is -0.168. The molecule has 3 N–H and O–H groups in total. The molecule has 0 bridgehead atoms. The maximum Gasteiger partial charge on any atom is 0.255 e. The third kappa shape index (κ3) is 5.78. The number of nitrogens with one attached hydrogen (secondary N) is 1. The van der Waals surface area contributed by atoms with Gasteiger partial charge in [0.25, 0.3) is 5.91 Å². The summed E-state index contributed by atoms with van der Waals surface area (Å²) in [6, 6.07) is 6.88. The molecule has 202 valence electrons. The Bertz CT molecular complexity index is 1480. The van der Waals surface area contributed by atoms with Crippen molar-refractivity contribution in [3.63, 3.8) is 0 Å². The number of carbonyl (C=O) groups is 1. The summed E-state index contributed by atoms with van der Waals surface area (Å²) in [5, 5.41) is 9.43. The Hall–Kier alpha value is -2.79. The molecule has 1 amide bonds. The molecule has 0 saturated heterocycles. The molecule has 1 aliphatic carbocycles. The molecular formula is C27H36ClN7O2Si. The van der Waals surface area contributed by atoms with Crippen molar-refractivity contribution in [1.82, 2.24) is 29.6 Å². The van der Waals surface area contributed by atoms with Crippen molar-refractivity contribution in [3.05, 3.63) is 41.2 Å². The number of aromatic nitrogens is 5. The Kier molecular flexibility index (Phi) is 7.59. The molecule has 5 rings (SSSR count). The summed E-state index contributed by atoms with van der Waals surface area (Å²) < 4.78 is 9.65. The van der Waals surface area contributed by atoms with Gasteiger partial charge in [-0.15, -0.1) is 0 Å². The van der Waals surface area contributed by atoms with E-state index in [9.17, 15) is 4.79 Å². The van der Waals surface area contributed by atoms with Crippen molar-refractivity contribution in [2.45, 2.75) is 70.2 Å². The zero-order valence-corrected chi connectivity index (χ0v) is 24.3. The van der Waals surface area contributed by atoms with Crippen LogP contribution >= 0.6 is 11.6 Å². The van der Waals surface area contributed by atoms with Crippen molar-refractivity contribution in [3.8, 4) is 11.4 Å². The van der Waals surface area contributed by atoms with Crippen molar-refractivity contribution >= 4 is 47.6 Å². The highest BCUT2D eigenvalue weighted by Gasteiger charge is 2.25. The maximum atomic E-state index is 13.5. The van der Waals surface area contributed by atoms with Gasteiger partial charge in [-0.2, -0.15) is 5.10 Å². The summed E-state index contributed by atoms with van der Waals surface area (Å²) >= 11 is 6.21. The van der Waals surface area contributed by atoms with Crippen LogP contribution in [0.15, 0.2) is 30.6 Å². The van der Waals surface area contributed by atoms with E-state index in [2.05, 4.69) is 30.1 Å². The predicted molar refractivity (Wildman–Crippen MR) is 154 cm³/mol. The van der Waals surface area contributed by atoms with E-state index in [1.807, 2.05) is 29.8 Å². The van der Waals surface area contributed by atoms with E-state index in [1.54, 1.807) is 17.1 Å². The second kappa shape index (κ2) is 10.8. The summed E-state index contributed by atoms with van der Waals surface area (Å²) in [7, 11) is 0.656. The van der Waals surface area contributed by atoms with E-state index in [1.165, 1.54) is 0 Å². The SMILES string of the molecule is Cn1nc(-c2cnc3c(n2)c(C(=O)N[C@H]2CCC[C@H](N)C2)cn3COCC[Si](C)(C)C)c2ccc(Cl)cc21. The van der Waals surface area contributed by atoms with Gasteiger partial charge in [0, 0.05) is 50.4 Å². The van der Waals surface area contributed by atoms with Crippen LogP contribution in [-0.2, 0) is 18.5 Å². The van der Waals surface area contributed by atoms with E-state index in [0.29, 0.717) is 46.5 Å². The number of halogens is 1. The molecule has 0 aliphatic heterocycles. The highest BCUT2D eigenvalue weighted by atomic mass is 35.5. The number of nitrogens with two attached hydrogens (primary N) is 1. The minimum absolute atomic E-state index is 0.0540. The lowest BCUT2D eigenvalue weighted by molar-refractivity contribution is 0.0887. The fourth-order valence-corrected chi connectivity index (χ4v) is 5.94. The third-order valence-electron chi connectivity index (χ3n) is 7.14. The standard InChI is InChI=1S/C27H36ClN7O2Si/c1-34-23-12-17(28)8-9-20(23)24(33-34)22-14-30-26-25(32-22)21(15-35(26)16-37-10-11-38(2,3)4)27(36)31-19-7-5-6-18(29)13-19/h8-9,12,14-15,18-19H,5-7,10-11,13,16,29H2,1-4H3,(H,31,36)/t18-,19-/m0/s1. The maximum absolute atomic E-state index is 13.5. The molecule has 9 nitrogen and oxygen atoms in total. The number of nitrogens with zero attached hydrogens (tertiary/aromatic N) is 5. The number of benzene rings is 1. The van der Waals surface area contributed by atoms with E-state index >= 15 is 0 Å². The fourth-order valence-electron chi connectivity index (χ4n) is 5.01. The summed E-state index contributed by atoms with van der Waals surface area (Å²) in [6.45, 7) is 7.95. The molecule has 4 aromatic rings. The van der Waals surface area contributed by atoms with Gasteiger partial charge in [0.15, 0.2) is 5.65 Å². The lowest BCUT2D eigenvalue weighted by Gasteiger charge is -2.27. The average Bonchev–Trinajstić information content (AvgIpc) is 3.38. The van der Waals surface area contributed by atoms with Crippen molar-refractivity contribution in [1.29, 1.82) is 0 Å². The molecule has 0 unspecified atom stereocenters. The fraction of sp³-hybridized carbons (Fsp3) is 0.481.